The number of nitrogens with two attached hydrogens (primary N) is 1. The molecule has 0 atom stereocenters. The number of nitrogens with one attached hydrogen (secondary N) is 1. The van der Waals surface area contributed by atoms with Crippen LogP contribution in [0.15, 0.2) is 0 Å². The molecule has 0 saturated heterocycles. The van der Waals surface area contributed by atoms with Crippen LogP contribution in [0.5, 0.6) is 0 Å². The van der Waals surface area contributed by atoms with Gasteiger partial charge in [0, 0.05) is 25.9 Å². The summed E-state index contributed by atoms with van der Waals surface area (Å²) in [6.07, 6.45) is 21.1. The van der Waals surface area contributed by atoms with Gasteiger partial charge in [0.2, 0.25) is 5.91 Å². The molecule has 0 saturated carbocycles. The molecule has 40 heavy (non-hydrogen) atoms. The van der Waals surface area contributed by atoms with Crippen LogP contribution in [0.2, 0.25) is 0 Å². The van der Waals surface area contributed by atoms with Gasteiger partial charge in [-0.1, -0.05) is 89.9 Å². The smallest absolute Gasteiger partial charge is 0.306 e. The number of amides is 1. The Bertz CT molecular complexity index is 568. The van der Waals surface area contributed by atoms with Gasteiger partial charge in [0.1, 0.15) is 5.60 Å². The van der Waals surface area contributed by atoms with Crippen LogP contribution in [0.25, 0.3) is 0 Å². The van der Waals surface area contributed by atoms with E-state index in [2.05, 4.69) is 5.32 Å². The number of carbonyl (C=O) groups excluding carboxylic acids is 2. The first-order valence-corrected chi connectivity index (χ1v) is 16.3. The lowest BCUT2D eigenvalue weighted by molar-refractivity contribution is -0.154. The zero-order valence-corrected chi connectivity index (χ0v) is 26.4. The van der Waals surface area contributed by atoms with Crippen LogP contribution < -0.4 is 11.1 Å². The van der Waals surface area contributed by atoms with E-state index < -0.39 is 0 Å². The molecular formula is C32H64N2O6. The molecular weight excluding hydrogens is 508 g/mol. The van der Waals surface area contributed by atoms with Crippen LogP contribution in [-0.2, 0) is 28.5 Å². The Balaban J connectivity index is 3.20. The topological polar surface area (TPSA) is 109 Å². The summed E-state index contributed by atoms with van der Waals surface area (Å²) in [5.41, 5.74) is 4.97. The highest BCUT2D eigenvalue weighted by Crippen LogP contribution is 2.15. The van der Waals surface area contributed by atoms with Crippen molar-refractivity contribution in [3.63, 3.8) is 0 Å². The highest BCUT2D eigenvalue weighted by Gasteiger charge is 2.15. The molecule has 0 heterocycles. The Morgan fingerprint density at radius 1 is 0.550 bits per heavy atom. The average Bonchev–Trinajstić information content (AvgIpc) is 2.90. The summed E-state index contributed by atoms with van der Waals surface area (Å²) in [4.78, 5) is 23.6. The molecule has 0 bridgehead atoms. The van der Waals surface area contributed by atoms with E-state index in [0.29, 0.717) is 65.6 Å². The first-order chi connectivity index (χ1) is 19.3. The second kappa shape index (κ2) is 29.3. The maximum absolute atomic E-state index is 11.9. The summed E-state index contributed by atoms with van der Waals surface area (Å²) in [5, 5.41) is 2.92. The van der Waals surface area contributed by atoms with Crippen molar-refractivity contribution in [1.82, 2.24) is 5.32 Å². The second-order valence-corrected chi connectivity index (χ2v) is 11.7. The predicted octanol–water partition coefficient (Wildman–Crippen LogP) is 6.47. The van der Waals surface area contributed by atoms with Crippen molar-refractivity contribution in [2.45, 2.75) is 142 Å². The van der Waals surface area contributed by atoms with Gasteiger partial charge in [0.25, 0.3) is 0 Å². The van der Waals surface area contributed by atoms with Gasteiger partial charge in [-0.3, -0.25) is 9.59 Å². The molecule has 8 nitrogen and oxygen atoms in total. The van der Waals surface area contributed by atoms with Crippen LogP contribution in [-0.4, -0.2) is 70.2 Å². The third kappa shape index (κ3) is 33.0. The first-order valence-electron chi connectivity index (χ1n) is 16.3. The zero-order chi connectivity index (χ0) is 29.6. The van der Waals surface area contributed by atoms with E-state index in [0.717, 1.165) is 25.7 Å². The molecule has 0 radical (unpaired) electrons. The lowest BCUT2D eigenvalue weighted by Gasteiger charge is -2.19. The minimum absolute atomic E-state index is 0.0642. The minimum Gasteiger partial charge on any atom is -0.460 e. The van der Waals surface area contributed by atoms with Gasteiger partial charge < -0.3 is 30.0 Å². The van der Waals surface area contributed by atoms with Gasteiger partial charge in [0.05, 0.1) is 39.6 Å². The van der Waals surface area contributed by atoms with Crippen molar-refractivity contribution in [2.75, 3.05) is 52.7 Å². The molecule has 0 rings (SSSR count). The molecule has 0 aromatic carbocycles. The zero-order valence-electron chi connectivity index (χ0n) is 26.4. The summed E-state index contributed by atoms with van der Waals surface area (Å²) < 4.78 is 21.4. The van der Waals surface area contributed by atoms with Crippen LogP contribution in [0, 0.1) is 0 Å². The van der Waals surface area contributed by atoms with E-state index in [9.17, 15) is 9.59 Å². The quantitative estimate of drug-likeness (QED) is 0.0749. The molecule has 0 unspecified atom stereocenters. The molecule has 1 amide bonds. The molecule has 8 heteroatoms. The standard InChI is InChI=1S/C32H64N2O6/c1-32(2,3)40-31(36)21-19-17-15-13-11-9-7-5-4-6-8-10-12-14-16-18-20-30(35)34-23-25-38-27-29-39-28-26-37-24-22-33/h4-29,33H2,1-3H3,(H,34,35). The van der Waals surface area contributed by atoms with E-state index in [4.69, 9.17) is 24.7 Å². The third-order valence-electron chi connectivity index (χ3n) is 6.53. The second-order valence-electron chi connectivity index (χ2n) is 11.7. The fraction of sp³-hybridized carbons (Fsp3) is 0.938. The molecule has 0 spiro atoms. The lowest BCUT2D eigenvalue weighted by atomic mass is 10.0. The van der Waals surface area contributed by atoms with Crippen molar-refractivity contribution in [2.24, 2.45) is 5.73 Å². The Labute approximate surface area is 246 Å². The van der Waals surface area contributed by atoms with Gasteiger partial charge in [0.15, 0.2) is 0 Å². The van der Waals surface area contributed by atoms with Gasteiger partial charge >= 0.3 is 5.97 Å². The molecule has 238 valence electrons. The largest absolute Gasteiger partial charge is 0.460 e. The number of unbranched alkanes of at least 4 members (excludes halogenated alkanes) is 15. The minimum atomic E-state index is -0.367. The number of carbonyl (C=O) groups is 2. The van der Waals surface area contributed by atoms with E-state index in [1.165, 1.54) is 77.0 Å². The maximum Gasteiger partial charge on any atom is 0.306 e. The molecule has 3 N–H and O–H groups in total. The molecule has 0 aliphatic carbocycles. The van der Waals surface area contributed by atoms with Gasteiger partial charge in [-0.15, -0.1) is 0 Å². The monoisotopic (exact) mass is 572 g/mol. The number of ether oxygens (including phenoxy) is 4. The predicted molar refractivity (Wildman–Crippen MR) is 163 cm³/mol. The highest BCUT2D eigenvalue weighted by molar-refractivity contribution is 5.75. The van der Waals surface area contributed by atoms with Crippen molar-refractivity contribution < 1.29 is 28.5 Å². The Morgan fingerprint density at radius 2 is 0.925 bits per heavy atom. The SMILES string of the molecule is CC(C)(C)OC(=O)CCCCCCCCCCCCCCCCCCC(=O)NCCOCCOCCOCCN. The van der Waals surface area contributed by atoms with Crippen molar-refractivity contribution in [1.29, 1.82) is 0 Å². The average molecular weight is 573 g/mol. The first kappa shape index (κ1) is 38.8. The summed E-state index contributed by atoms with van der Waals surface area (Å²) in [6.45, 7) is 10.1. The number of hydrogen-bond donors (Lipinski definition) is 2. The van der Waals surface area contributed by atoms with E-state index in [1.54, 1.807) is 0 Å². The molecule has 0 fully saturated rings. The van der Waals surface area contributed by atoms with Crippen LogP contribution in [0.4, 0.5) is 0 Å². The summed E-state index contributed by atoms with van der Waals surface area (Å²) in [7, 11) is 0. The number of rotatable bonds is 30. The molecule has 0 aromatic rings. The molecule has 0 aliphatic rings. The lowest BCUT2D eigenvalue weighted by Crippen LogP contribution is -2.27. The fourth-order valence-corrected chi connectivity index (χ4v) is 4.40. The van der Waals surface area contributed by atoms with Crippen LogP contribution in [0.1, 0.15) is 136 Å². The third-order valence-corrected chi connectivity index (χ3v) is 6.53. The summed E-state index contributed by atoms with van der Waals surface area (Å²) in [6, 6.07) is 0. The van der Waals surface area contributed by atoms with Gasteiger partial charge in [-0.2, -0.15) is 0 Å². The Hall–Kier alpha value is -1.22. The maximum atomic E-state index is 11.9. The van der Waals surface area contributed by atoms with Gasteiger partial charge in [-0.25, -0.2) is 0 Å². The van der Waals surface area contributed by atoms with E-state index in [1.807, 2.05) is 20.8 Å². The summed E-state index contributed by atoms with van der Waals surface area (Å²) >= 11 is 0. The number of hydrogen-bond acceptors (Lipinski definition) is 7. The Kier molecular flexibility index (Phi) is 28.4. The van der Waals surface area contributed by atoms with Crippen LogP contribution >= 0.6 is 0 Å². The van der Waals surface area contributed by atoms with E-state index >= 15 is 0 Å². The van der Waals surface area contributed by atoms with Crippen molar-refractivity contribution in [3.05, 3.63) is 0 Å². The van der Waals surface area contributed by atoms with Crippen molar-refractivity contribution in [3.8, 4) is 0 Å². The Morgan fingerprint density at radius 3 is 1.35 bits per heavy atom. The highest BCUT2D eigenvalue weighted by atomic mass is 16.6. The van der Waals surface area contributed by atoms with Gasteiger partial charge in [-0.05, 0) is 33.6 Å². The normalized spacial score (nSPS) is 11.6. The van der Waals surface area contributed by atoms with Crippen LogP contribution in [0.3, 0.4) is 0 Å². The summed E-state index contributed by atoms with van der Waals surface area (Å²) in [5.74, 6) is 0.0563. The van der Waals surface area contributed by atoms with Crippen molar-refractivity contribution >= 4 is 11.9 Å². The van der Waals surface area contributed by atoms with E-state index in [-0.39, 0.29) is 17.5 Å². The molecule has 0 aliphatic heterocycles. The molecule has 0 aromatic heterocycles. The number of esters is 1. The fourth-order valence-electron chi connectivity index (χ4n) is 4.40.